The number of carbonyl (C=O) groups excluding carboxylic acids is 2. The number of nitrogens with zero attached hydrogens (tertiary/aromatic N) is 1. The minimum absolute atomic E-state index is 0.0322. The van der Waals surface area contributed by atoms with E-state index in [0.29, 0.717) is 18.7 Å². The van der Waals surface area contributed by atoms with E-state index in [4.69, 9.17) is 4.74 Å². The summed E-state index contributed by atoms with van der Waals surface area (Å²) in [6, 6.07) is 16.5. The second-order valence-electron chi connectivity index (χ2n) is 6.46. The summed E-state index contributed by atoms with van der Waals surface area (Å²) in [6.07, 6.45) is 1.95. The molecule has 1 aliphatic carbocycles. The molecule has 1 amide bonds. The first-order valence-electron chi connectivity index (χ1n) is 8.66. The van der Waals surface area contributed by atoms with Gasteiger partial charge >= 0.3 is 6.09 Å². The molecule has 126 valence electrons. The number of fused-ring (bicyclic) bond motifs is 3. The van der Waals surface area contributed by atoms with E-state index in [0.717, 1.165) is 12.8 Å². The highest BCUT2D eigenvalue weighted by Gasteiger charge is 2.30. The maximum absolute atomic E-state index is 12.5. The fourth-order valence-electron chi connectivity index (χ4n) is 3.81. The van der Waals surface area contributed by atoms with Crippen LogP contribution in [0.1, 0.15) is 36.3 Å². The first kappa shape index (κ1) is 15.7. The lowest BCUT2D eigenvalue weighted by Gasteiger charge is -2.27. The van der Waals surface area contributed by atoms with E-state index < -0.39 is 6.09 Å². The van der Waals surface area contributed by atoms with Crippen LogP contribution in [0.15, 0.2) is 54.2 Å². The zero-order chi connectivity index (χ0) is 17.2. The van der Waals surface area contributed by atoms with Gasteiger partial charge in [0.05, 0.1) is 0 Å². The van der Waals surface area contributed by atoms with Gasteiger partial charge in [0.15, 0.2) is 0 Å². The first-order chi connectivity index (χ1) is 12.3. The molecule has 0 saturated carbocycles. The molecule has 25 heavy (non-hydrogen) atoms. The molecule has 0 N–H and O–H groups in total. The van der Waals surface area contributed by atoms with Gasteiger partial charge in [0.1, 0.15) is 18.2 Å². The van der Waals surface area contributed by atoms with Crippen LogP contribution in [0.3, 0.4) is 0 Å². The Morgan fingerprint density at radius 3 is 2.32 bits per heavy atom. The lowest BCUT2D eigenvalue weighted by molar-refractivity contribution is 0.106. The van der Waals surface area contributed by atoms with Gasteiger partial charge in [0.2, 0.25) is 0 Å². The molecule has 1 fully saturated rings. The van der Waals surface area contributed by atoms with E-state index in [1.54, 1.807) is 0 Å². The summed E-state index contributed by atoms with van der Waals surface area (Å²) in [5.41, 5.74) is 5.17. The van der Waals surface area contributed by atoms with Crippen LogP contribution in [0.5, 0.6) is 0 Å². The lowest BCUT2D eigenvalue weighted by Crippen LogP contribution is -2.35. The molecule has 1 aliphatic heterocycles. The van der Waals surface area contributed by atoms with Crippen LogP contribution in [0.25, 0.3) is 11.1 Å². The standard InChI is InChI=1S/C21H19NO3/c23-13-15-7-5-6-12-22(15)21(24)25-14-20-18-10-3-1-8-16(18)17-9-2-4-11-19(17)20/h1-4,8-11,20H,5-7,12,14H2. The molecule has 2 aromatic carbocycles. The molecule has 0 spiro atoms. The second-order valence-corrected chi connectivity index (χ2v) is 6.46. The molecule has 0 bridgehead atoms. The monoisotopic (exact) mass is 333 g/mol. The van der Waals surface area contributed by atoms with Crippen LogP contribution in [-0.4, -0.2) is 30.1 Å². The van der Waals surface area contributed by atoms with Crippen molar-refractivity contribution in [2.75, 3.05) is 13.2 Å². The van der Waals surface area contributed by atoms with E-state index >= 15 is 0 Å². The van der Waals surface area contributed by atoms with Gasteiger partial charge in [-0.25, -0.2) is 9.59 Å². The molecule has 2 aromatic rings. The topological polar surface area (TPSA) is 46.6 Å². The maximum atomic E-state index is 12.5. The van der Waals surface area contributed by atoms with Crippen LogP contribution in [0.2, 0.25) is 0 Å². The quantitative estimate of drug-likeness (QED) is 0.776. The molecule has 2 aliphatic rings. The number of likely N-dealkylation sites (tertiary alicyclic amines) is 1. The van der Waals surface area contributed by atoms with Crippen molar-refractivity contribution < 1.29 is 14.3 Å². The summed E-state index contributed by atoms with van der Waals surface area (Å²) in [7, 11) is 0. The molecule has 4 rings (SSSR count). The molecule has 0 radical (unpaired) electrons. The predicted octanol–water partition coefficient (Wildman–Crippen LogP) is 4.14. The molecular formula is C21H19NO3. The van der Waals surface area contributed by atoms with E-state index in [2.05, 4.69) is 24.3 Å². The van der Waals surface area contributed by atoms with E-state index in [-0.39, 0.29) is 12.5 Å². The minimum atomic E-state index is -0.445. The lowest BCUT2D eigenvalue weighted by atomic mass is 9.98. The number of benzene rings is 2. The van der Waals surface area contributed by atoms with Crippen LogP contribution in [-0.2, 0) is 9.53 Å². The van der Waals surface area contributed by atoms with Gasteiger partial charge in [-0.2, -0.15) is 0 Å². The van der Waals surface area contributed by atoms with Crippen LogP contribution in [0.4, 0.5) is 4.79 Å². The second kappa shape index (κ2) is 6.58. The van der Waals surface area contributed by atoms with Crippen LogP contribution in [0, 0.1) is 0 Å². The zero-order valence-electron chi connectivity index (χ0n) is 13.9. The number of piperidine rings is 1. The van der Waals surface area contributed by atoms with Crippen LogP contribution < -0.4 is 0 Å². The summed E-state index contributed by atoms with van der Waals surface area (Å²) in [5, 5.41) is 0. The van der Waals surface area contributed by atoms with E-state index in [9.17, 15) is 9.59 Å². The van der Waals surface area contributed by atoms with Gasteiger partial charge < -0.3 is 4.74 Å². The summed E-state index contributed by atoms with van der Waals surface area (Å²) >= 11 is 0. The normalized spacial score (nSPS) is 16.2. The fraction of sp³-hybridized carbons (Fsp3) is 0.286. The van der Waals surface area contributed by atoms with Crippen LogP contribution >= 0.6 is 0 Å². The minimum Gasteiger partial charge on any atom is -0.448 e. The zero-order valence-corrected chi connectivity index (χ0v) is 13.9. The average Bonchev–Trinajstić information content (AvgIpc) is 3.00. The molecule has 1 heterocycles. The smallest absolute Gasteiger partial charge is 0.414 e. The number of amides is 1. The Labute approximate surface area is 146 Å². The Balaban J connectivity index is 1.55. The Kier molecular flexibility index (Phi) is 4.12. The summed E-state index contributed by atoms with van der Waals surface area (Å²) in [6.45, 7) is 0.802. The molecule has 1 saturated heterocycles. The van der Waals surface area contributed by atoms with Crippen molar-refractivity contribution >= 4 is 12.0 Å². The van der Waals surface area contributed by atoms with Crippen molar-refractivity contribution in [3.63, 3.8) is 0 Å². The average molecular weight is 333 g/mol. The molecular weight excluding hydrogens is 314 g/mol. The van der Waals surface area contributed by atoms with Crippen molar-refractivity contribution in [1.82, 2.24) is 4.90 Å². The SMILES string of the molecule is O=C=C1CCCCN1C(=O)OCC1c2ccccc2-c2ccccc21. The third-order valence-electron chi connectivity index (χ3n) is 5.05. The summed E-state index contributed by atoms with van der Waals surface area (Å²) < 4.78 is 5.60. The molecule has 4 heteroatoms. The Hall–Kier alpha value is -2.84. The Morgan fingerprint density at radius 1 is 1.04 bits per heavy atom. The number of carbonyl (C=O) groups is 1. The van der Waals surface area contributed by atoms with Gasteiger partial charge in [0, 0.05) is 12.5 Å². The van der Waals surface area contributed by atoms with Crippen molar-refractivity contribution in [3.05, 3.63) is 65.4 Å². The number of hydrogen-bond donors (Lipinski definition) is 0. The third-order valence-corrected chi connectivity index (χ3v) is 5.05. The van der Waals surface area contributed by atoms with Gasteiger partial charge in [-0.05, 0) is 41.5 Å². The fourth-order valence-corrected chi connectivity index (χ4v) is 3.81. The Morgan fingerprint density at radius 2 is 1.68 bits per heavy atom. The number of allylic oxidation sites excluding steroid dienone is 1. The highest BCUT2D eigenvalue weighted by molar-refractivity contribution is 5.79. The van der Waals surface area contributed by atoms with E-state index in [1.165, 1.54) is 27.2 Å². The number of rotatable bonds is 2. The number of hydrogen-bond acceptors (Lipinski definition) is 3. The summed E-state index contributed by atoms with van der Waals surface area (Å²) in [4.78, 5) is 24.9. The Bertz CT molecular complexity index is 821. The highest BCUT2D eigenvalue weighted by Crippen LogP contribution is 2.44. The van der Waals surface area contributed by atoms with Gasteiger partial charge in [-0.1, -0.05) is 48.5 Å². The highest BCUT2D eigenvalue weighted by atomic mass is 16.6. The predicted molar refractivity (Wildman–Crippen MR) is 94.8 cm³/mol. The van der Waals surface area contributed by atoms with Gasteiger partial charge in [-0.3, -0.25) is 4.90 Å². The van der Waals surface area contributed by atoms with Crippen molar-refractivity contribution in [2.45, 2.75) is 25.2 Å². The maximum Gasteiger partial charge on any atom is 0.414 e. The van der Waals surface area contributed by atoms with E-state index in [1.807, 2.05) is 30.2 Å². The molecule has 0 unspecified atom stereocenters. The van der Waals surface area contributed by atoms with Crippen molar-refractivity contribution in [3.8, 4) is 11.1 Å². The molecule has 0 aromatic heterocycles. The summed E-state index contributed by atoms with van der Waals surface area (Å²) in [5.74, 6) is 1.92. The number of ether oxygens (including phenoxy) is 1. The van der Waals surface area contributed by atoms with Gasteiger partial charge in [0.25, 0.3) is 0 Å². The molecule has 0 atom stereocenters. The third kappa shape index (κ3) is 2.75. The molecule has 4 nitrogen and oxygen atoms in total. The van der Waals surface area contributed by atoms with Crippen molar-refractivity contribution in [1.29, 1.82) is 0 Å². The largest absolute Gasteiger partial charge is 0.448 e. The van der Waals surface area contributed by atoms with Gasteiger partial charge in [-0.15, -0.1) is 0 Å². The van der Waals surface area contributed by atoms with Crippen molar-refractivity contribution in [2.24, 2.45) is 0 Å². The first-order valence-corrected chi connectivity index (χ1v) is 8.66.